The lowest BCUT2D eigenvalue weighted by Gasteiger charge is -2.63. The molecule has 0 N–H and O–H groups in total. The van der Waals surface area contributed by atoms with E-state index >= 15 is 0 Å². The molecule has 6 fully saturated rings. The van der Waals surface area contributed by atoms with Gasteiger partial charge in [-0.2, -0.15) is 0 Å². The van der Waals surface area contributed by atoms with Gasteiger partial charge in [-0.3, -0.25) is 0 Å². The van der Waals surface area contributed by atoms with E-state index in [4.69, 9.17) is 25.4 Å². The van der Waals surface area contributed by atoms with Gasteiger partial charge >= 0.3 is 0 Å². The molecule has 0 aromatic rings. The minimum atomic E-state index is -0.349. The normalized spacial score (nSPS) is 52.1. The molecule has 0 amide bonds. The molecule has 6 aliphatic rings. The lowest BCUT2D eigenvalue weighted by atomic mass is 9.42. The Hall–Kier alpha value is -0.600. The van der Waals surface area contributed by atoms with Crippen molar-refractivity contribution in [1.29, 1.82) is 0 Å². The minimum Gasteiger partial charge on any atom is -0.348 e. The molecule has 4 heteroatoms. The average molecular weight is 401 g/mol. The quantitative estimate of drug-likeness (QED) is 0.566. The topological polar surface area (TPSA) is 36.9 Å². The van der Waals surface area contributed by atoms with E-state index in [1.54, 1.807) is 0 Å². The fourth-order valence-electron chi connectivity index (χ4n) is 9.10. The molecule has 2 saturated heterocycles. The van der Waals surface area contributed by atoms with E-state index in [2.05, 4.69) is 19.8 Å². The Bertz CT molecular complexity index is 715. The molecule has 0 aromatic carbocycles. The Kier molecular flexibility index (Phi) is 4.10. The van der Waals surface area contributed by atoms with Crippen LogP contribution in [0.25, 0.3) is 0 Å². The van der Waals surface area contributed by atoms with Crippen LogP contribution in [0, 0.1) is 52.8 Å². The first-order chi connectivity index (χ1) is 14.0. The Balaban J connectivity index is 1.33. The number of fused-ring (bicyclic) bond motifs is 6. The third kappa shape index (κ3) is 2.37. The van der Waals surface area contributed by atoms with Gasteiger partial charge in [0.2, 0.25) is 0 Å². The van der Waals surface area contributed by atoms with E-state index in [9.17, 15) is 0 Å². The van der Waals surface area contributed by atoms with Gasteiger partial charge in [-0.15, -0.1) is 12.3 Å². The molecule has 0 bridgehead atoms. The number of hydrogen-bond acceptors (Lipinski definition) is 4. The summed E-state index contributed by atoms with van der Waals surface area (Å²) in [5.74, 6) is 5.54. The van der Waals surface area contributed by atoms with Gasteiger partial charge in [-0.25, -0.2) is 0 Å². The lowest BCUT2D eigenvalue weighted by Crippen LogP contribution is -2.60. The first-order valence-electron chi connectivity index (χ1n) is 12.0. The fraction of sp³-hybridized carbons (Fsp3) is 0.920. The maximum absolute atomic E-state index is 6.31. The van der Waals surface area contributed by atoms with Crippen LogP contribution in [-0.4, -0.2) is 38.0 Å². The Morgan fingerprint density at radius 2 is 1.48 bits per heavy atom. The van der Waals surface area contributed by atoms with Crippen LogP contribution >= 0.6 is 0 Å². The number of rotatable bonds is 0. The summed E-state index contributed by atoms with van der Waals surface area (Å²) >= 11 is 0. The summed E-state index contributed by atoms with van der Waals surface area (Å²) in [6.45, 7) is 7.99. The number of terminal acetylenes is 1. The Morgan fingerprint density at radius 1 is 0.793 bits per heavy atom. The van der Waals surface area contributed by atoms with Gasteiger partial charge in [-0.1, -0.05) is 13.8 Å². The molecule has 0 aromatic heterocycles. The van der Waals surface area contributed by atoms with Crippen molar-refractivity contribution in [2.45, 2.75) is 76.8 Å². The van der Waals surface area contributed by atoms with Crippen molar-refractivity contribution < 1.29 is 18.9 Å². The molecule has 29 heavy (non-hydrogen) atoms. The van der Waals surface area contributed by atoms with Crippen molar-refractivity contribution >= 4 is 0 Å². The predicted molar refractivity (Wildman–Crippen MR) is 109 cm³/mol. The molecule has 1 unspecified atom stereocenters. The van der Waals surface area contributed by atoms with Gasteiger partial charge in [0, 0.05) is 30.6 Å². The first kappa shape index (κ1) is 19.1. The zero-order valence-electron chi connectivity index (χ0n) is 18.1. The Labute approximate surface area is 175 Å². The molecule has 160 valence electrons. The van der Waals surface area contributed by atoms with Crippen LogP contribution in [0.5, 0.6) is 0 Å². The second-order valence-corrected chi connectivity index (χ2v) is 11.3. The van der Waals surface area contributed by atoms with Crippen molar-refractivity contribution in [3.63, 3.8) is 0 Å². The second-order valence-electron chi connectivity index (χ2n) is 11.3. The van der Waals surface area contributed by atoms with Gasteiger partial charge in [0.05, 0.1) is 26.4 Å². The number of ether oxygens (including phenoxy) is 4. The van der Waals surface area contributed by atoms with Crippen molar-refractivity contribution in [2.24, 2.45) is 40.4 Å². The van der Waals surface area contributed by atoms with Crippen molar-refractivity contribution in [3.8, 4) is 12.3 Å². The second kappa shape index (κ2) is 6.22. The molecule has 4 aliphatic carbocycles. The van der Waals surface area contributed by atoms with Gasteiger partial charge in [0.15, 0.2) is 11.6 Å². The van der Waals surface area contributed by atoms with Gasteiger partial charge in [0.1, 0.15) is 0 Å². The molecule has 2 aliphatic heterocycles. The zero-order chi connectivity index (χ0) is 19.9. The molecule has 6 rings (SSSR count). The summed E-state index contributed by atoms with van der Waals surface area (Å²) in [4.78, 5) is 0. The molecule has 2 heterocycles. The SMILES string of the molecule is C#C[C@H]1C[C@@H]2[C@H](CC[C@@]3(C)[C@H]2CCC32OCCO2)[C@@]2(C)CCC3(CC12)OCCO3. The highest BCUT2D eigenvalue weighted by atomic mass is 16.7. The molecular formula is C25H36O4. The third-order valence-electron chi connectivity index (χ3n) is 10.5. The molecule has 4 saturated carbocycles. The maximum Gasteiger partial charge on any atom is 0.174 e. The van der Waals surface area contributed by atoms with Gasteiger partial charge in [0.25, 0.3) is 0 Å². The van der Waals surface area contributed by atoms with Crippen LogP contribution in [0.4, 0.5) is 0 Å². The fourth-order valence-corrected chi connectivity index (χ4v) is 9.10. The van der Waals surface area contributed by atoms with E-state index < -0.39 is 0 Å². The lowest BCUT2D eigenvalue weighted by molar-refractivity contribution is -0.261. The largest absolute Gasteiger partial charge is 0.348 e. The van der Waals surface area contributed by atoms with Crippen LogP contribution < -0.4 is 0 Å². The summed E-state index contributed by atoms with van der Waals surface area (Å²) in [6.07, 6.45) is 15.3. The summed E-state index contributed by atoms with van der Waals surface area (Å²) in [5, 5.41) is 0. The van der Waals surface area contributed by atoms with Crippen LogP contribution in [0.1, 0.15) is 65.2 Å². The standard InChI is InChI=1S/C25H36O4/c1-4-17-15-18-19(22(2)9-10-24(16-21(17)22)26-11-12-27-24)5-7-23(3)20(18)6-8-25(23)28-13-14-29-25/h1,17-21H,5-16H2,2-3H3/t17-,18+,19-,20-,21?,22+,23-/m0/s1. The highest BCUT2D eigenvalue weighted by molar-refractivity contribution is 5.17. The zero-order valence-corrected chi connectivity index (χ0v) is 18.1. The smallest absolute Gasteiger partial charge is 0.174 e. The first-order valence-corrected chi connectivity index (χ1v) is 12.0. The van der Waals surface area contributed by atoms with Crippen LogP contribution in [0.15, 0.2) is 0 Å². The highest BCUT2D eigenvalue weighted by Crippen LogP contribution is 2.71. The summed E-state index contributed by atoms with van der Waals surface area (Å²) in [7, 11) is 0. The highest BCUT2D eigenvalue weighted by Gasteiger charge is 2.69. The van der Waals surface area contributed by atoms with Gasteiger partial charge < -0.3 is 18.9 Å². The minimum absolute atomic E-state index is 0.139. The monoisotopic (exact) mass is 400 g/mol. The van der Waals surface area contributed by atoms with E-state index in [-0.39, 0.29) is 17.0 Å². The van der Waals surface area contributed by atoms with Crippen molar-refractivity contribution in [3.05, 3.63) is 0 Å². The maximum atomic E-state index is 6.31. The molecule has 4 nitrogen and oxygen atoms in total. The predicted octanol–water partition coefficient (Wildman–Crippen LogP) is 4.37. The van der Waals surface area contributed by atoms with E-state index in [1.165, 1.54) is 25.7 Å². The summed E-state index contributed by atoms with van der Waals surface area (Å²) < 4.78 is 24.9. The molecule has 7 atom stereocenters. The van der Waals surface area contributed by atoms with Gasteiger partial charge in [-0.05, 0) is 61.2 Å². The summed E-state index contributed by atoms with van der Waals surface area (Å²) in [5.41, 5.74) is 0.440. The van der Waals surface area contributed by atoms with Crippen LogP contribution in [-0.2, 0) is 18.9 Å². The molecule has 2 spiro atoms. The number of hydrogen-bond donors (Lipinski definition) is 0. The van der Waals surface area contributed by atoms with Crippen LogP contribution in [0.2, 0.25) is 0 Å². The average Bonchev–Trinajstić information content (AvgIpc) is 3.44. The van der Waals surface area contributed by atoms with Crippen molar-refractivity contribution in [1.82, 2.24) is 0 Å². The van der Waals surface area contributed by atoms with E-state index in [1.807, 2.05) is 0 Å². The summed E-state index contributed by atoms with van der Waals surface area (Å²) in [6, 6.07) is 0. The molecular weight excluding hydrogens is 364 g/mol. The van der Waals surface area contributed by atoms with E-state index in [0.717, 1.165) is 58.0 Å². The Morgan fingerprint density at radius 3 is 2.21 bits per heavy atom. The van der Waals surface area contributed by atoms with Crippen molar-refractivity contribution in [2.75, 3.05) is 26.4 Å². The third-order valence-corrected chi connectivity index (χ3v) is 10.5. The molecule has 0 radical (unpaired) electrons. The van der Waals surface area contributed by atoms with Crippen LogP contribution in [0.3, 0.4) is 0 Å². The van der Waals surface area contributed by atoms with E-state index in [0.29, 0.717) is 29.1 Å².